The van der Waals surface area contributed by atoms with Crippen molar-refractivity contribution in [1.82, 2.24) is 0 Å². The van der Waals surface area contributed by atoms with E-state index in [2.05, 4.69) is 40.4 Å². The van der Waals surface area contributed by atoms with Crippen LogP contribution in [0.5, 0.6) is 0 Å². The summed E-state index contributed by atoms with van der Waals surface area (Å²) in [6.45, 7) is 4.11. The van der Waals surface area contributed by atoms with Crippen molar-refractivity contribution in [2.45, 2.75) is 19.8 Å². The van der Waals surface area contributed by atoms with E-state index in [1.165, 1.54) is 6.20 Å². The van der Waals surface area contributed by atoms with Gasteiger partial charge in [-0.05, 0) is 41.8 Å². The molecule has 0 unspecified atom stereocenters. The van der Waals surface area contributed by atoms with Gasteiger partial charge in [-0.25, -0.2) is 0 Å². The Bertz CT molecular complexity index is 789. The fourth-order valence-electron chi connectivity index (χ4n) is 2.15. The van der Waals surface area contributed by atoms with Crippen LogP contribution in [0.25, 0.3) is 0 Å². The van der Waals surface area contributed by atoms with Crippen molar-refractivity contribution in [2.75, 3.05) is 10.6 Å². The van der Waals surface area contributed by atoms with Crippen LogP contribution in [0.15, 0.2) is 64.8 Å². The molecular weight excluding hydrogens is 366 g/mol. The molecule has 122 valence electrons. The average molecular weight is 384 g/mol. The molecule has 24 heavy (non-hydrogen) atoms. The number of carbonyl (C=O) groups excluding carboxylic acids is 1. The summed E-state index contributed by atoms with van der Waals surface area (Å²) >= 11 is 3.36. The second-order valence-corrected chi connectivity index (χ2v) is 6.43. The first-order valence-corrected chi connectivity index (χ1v) is 8.33. The largest absolute Gasteiger partial charge is 0.360 e. The summed E-state index contributed by atoms with van der Waals surface area (Å²) in [5.74, 6) is -0.160. The number of nitrogens with zero attached hydrogens (tertiary/aromatic N) is 1. The third kappa shape index (κ3) is 4.71. The number of amides is 1. The van der Waals surface area contributed by atoms with Crippen molar-refractivity contribution in [2.24, 2.45) is 0 Å². The van der Waals surface area contributed by atoms with Gasteiger partial charge in [0.05, 0.1) is 0 Å². The van der Waals surface area contributed by atoms with Crippen LogP contribution in [0.4, 0.5) is 11.4 Å². The Morgan fingerprint density at radius 3 is 2.46 bits per heavy atom. The lowest BCUT2D eigenvalue weighted by atomic mass is 10.0. The van der Waals surface area contributed by atoms with Gasteiger partial charge in [0, 0.05) is 22.0 Å². The van der Waals surface area contributed by atoms with Gasteiger partial charge in [0.25, 0.3) is 5.91 Å². The fourth-order valence-corrected chi connectivity index (χ4v) is 2.42. The van der Waals surface area contributed by atoms with Gasteiger partial charge in [0.2, 0.25) is 0 Å². The lowest BCUT2D eigenvalue weighted by Gasteiger charge is -2.13. The van der Waals surface area contributed by atoms with E-state index < -0.39 is 5.91 Å². The molecule has 2 N–H and O–H groups in total. The molecule has 0 saturated heterocycles. The third-order valence-electron chi connectivity index (χ3n) is 3.42. The van der Waals surface area contributed by atoms with Crippen molar-refractivity contribution < 1.29 is 4.79 Å². The number of nitriles is 1. The number of carbonyl (C=O) groups is 1. The van der Waals surface area contributed by atoms with E-state index in [4.69, 9.17) is 0 Å². The average Bonchev–Trinajstić information content (AvgIpc) is 2.57. The number of hydrogen-bond acceptors (Lipinski definition) is 3. The van der Waals surface area contributed by atoms with Gasteiger partial charge in [-0.1, -0.05) is 48.0 Å². The number of hydrogen-bond donors (Lipinski definition) is 2. The van der Waals surface area contributed by atoms with Crippen molar-refractivity contribution in [3.05, 3.63) is 70.3 Å². The zero-order chi connectivity index (χ0) is 17.5. The quantitative estimate of drug-likeness (QED) is 0.561. The molecule has 0 atom stereocenters. The Labute approximate surface area is 150 Å². The molecule has 0 fully saturated rings. The van der Waals surface area contributed by atoms with Crippen LogP contribution in [0.1, 0.15) is 25.3 Å². The molecule has 0 heterocycles. The minimum atomic E-state index is -0.435. The second-order valence-electron chi connectivity index (χ2n) is 5.52. The van der Waals surface area contributed by atoms with Gasteiger partial charge in [0.15, 0.2) is 0 Å². The highest BCUT2D eigenvalue weighted by atomic mass is 79.9. The summed E-state index contributed by atoms with van der Waals surface area (Å²) in [5.41, 5.74) is 2.56. The van der Waals surface area contributed by atoms with Crippen molar-refractivity contribution in [3.8, 4) is 6.07 Å². The van der Waals surface area contributed by atoms with Gasteiger partial charge in [-0.15, -0.1) is 0 Å². The van der Waals surface area contributed by atoms with Crippen molar-refractivity contribution in [1.29, 1.82) is 5.26 Å². The molecule has 2 aromatic carbocycles. The number of rotatable bonds is 5. The molecule has 1 amide bonds. The number of para-hydroxylation sites is 1. The number of anilines is 2. The summed E-state index contributed by atoms with van der Waals surface area (Å²) in [5, 5.41) is 15.0. The fraction of sp³-hybridized carbons (Fsp3) is 0.158. The zero-order valence-electron chi connectivity index (χ0n) is 13.5. The molecule has 0 aliphatic carbocycles. The Balaban J connectivity index is 2.13. The second kappa shape index (κ2) is 8.32. The lowest BCUT2D eigenvalue weighted by molar-refractivity contribution is -0.112. The molecule has 0 radical (unpaired) electrons. The predicted octanol–water partition coefficient (Wildman–Crippen LogP) is 5.03. The van der Waals surface area contributed by atoms with E-state index in [0.29, 0.717) is 0 Å². The van der Waals surface area contributed by atoms with E-state index in [1.807, 2.05) is 54.6 Å². The van der Waals surface area contributed by atoms with Crippen LogP contribution in [0.3, 0.4) is 0 Å². The summed E-state index contributed by atoms with van der Waals surface area (Å²) in [7, 11) is 0. The highest BCUT2D eigenvalue weighted by molar-refractivity contribution is 9.10. The molecule has 2 aromatic rings. The maximum atomic E-state index is 12.3. The molecule has 0 aromatic heterocycles. The molecule has 2 rings (SSSR count). The van der Waals surface area contributed by atoms with Crippen molar-refractivity contribution in [3.63, 3.8) is 0 Å². The molecule has 0 saturated carbocycles. The van der Waals surface area contributed by atoms with Gasteiger partial charge in [-0.3, -0.25) is 4.79 Å². The Hall–Kier alpha value is -2.58. The predicted molar refractivity (Wildman–Crippen MR) is 101 cm³/mol. The molecule has 0 aliphatic heterocycles. The molecule has 4 nitrogen and oxygen atoms in total. The summed E-state index contributed by atoms with van der Waals surface area (Å²) < 4.78 is 0.959. The maximum absolute atomic E-state index is 12.3. The van der Waals surface area contributed by atoms with Crippen LogP contribution in [-0.4, -0.2) is 5.91 Å². The summed E-state index contributed by atoms with van der Waals surface area (Å²) in [6, 6.07) is 17.0. The minimum absolute atomic E-state index is 0.0106. The number of halogens is 1. The number of nitrogens with one attached hydrogen (secondary N) is 2. The van der Waals surface area contributed by atoms with Crippen LogP contribution in [0, 0.1) is 11.3 Å². The summed E-state index contributed by atoms with van der Waals surface area (Å²) in [6.07, 6.45) is 1.41. The number of benzene rings is 2. The minimum Gasteiger partial charge on any atom is -0.360 e. The molecule has 5 heteroatoms. The van der Waals surface area contributed by atoms with Crippen LogP contribution in [0.2, 0.25) is 0 Å². The van der Waals surface area contributed by atoms with Crippen molar-refractivity contribution >= 4 is 33.2 Å². The van der Waals surface area contributed by atoms with E-state index >= 15 is 0 Å². The van der Waals surface area contributed by atoms with E-state index in [1.54, 1.807) is 0 Å². The molecule has 0 spiro atoms. The van der Waals surface area contributed by atoms with Gasteiger partial charge in [0.1, 0.15) is 11.6 Å². The maximum Gasteiger partial charge on any atom is 0.267 e. The zero-order valence-corrected chi connectivity index (χ0v) is 15.1. The SMILES string of the molecule is CC(C)c1ccccc1NC(=O)/C(C#N)=C\Nc1ccc(Br)cc1. The van der Waals surface area contributed by atoms with Gasteiger partial charge >= 0.3 is 0 Å². The smallest absolute Gasteiger partial charge is 0.267 e. The molecule has 0 aliphatic rings. The van der Waals surface area contributed by atoms with Gasteiger partial charge < -0.3 is 10.6 Å². The first-order valence-electron chi connectivity index (χ1n) is 7.54. The molecular formula is C19H18BrN3O. The van der Waals surface area contributed by atoms with Crippen LogP contribution >= 0.6 is 15.9 Å². The highest BCUT2D eigenvalue weighted by Crippen LogP contribution is 2.24. The highest BCUT2D eigenvalue weighted by Gasteiger charge is 2.12. The van der Waals surface area contributed by atoms with E-state index in [9.17, 15) is 10.1 Å². The van der Waals surface area contributed by atoms with Crippen LogP contribution < -0.4 is 10.6 Å². The lowest BCUT2D eigenvalue weighted by Crippen LogP contribution is -2.16. The first-order chi connectivity index (χ1) is 11.5. The standard InChI is InChI=1S/C19H18BrN3O/c1-13(2)17-5-3-4-6-18(17)23-19(24)14(11-21)12-22-16-9-7-15(20)8-10-16/h3-10,12-13,22H,1-2H3,(H,23,24)/b14-12-. The molecule has 0 bridgehead atoms. The van der Waals surface area contributed by atoms with Crippen LogP contribution in [-0.2, 0) is 4.79 Å². The topological polar surface area (TPSA) is 64.9 Å². The van der Waals surface area contributed by atoms with E-state index in [0.717, 1.165) is 21.4 Å². The Morgan fingerprint density at radius 2 is 1.83 bits per heavy atom. The normalized spacial score (nSPS) is 11.0. The van der Waals surface area contributed by atoms with Gasteiger partial charge in [-0.2, -0.15) is 5.26 Å². The Morgan fingerprint density at radius 1 is 1.17 bits per heavy atom. The monoisotopic (exact) mass is 383 g/mol. The summed E-state index contributed by atoms with van der Waals surface area (Å²) in [4.78, 5) is 12.3. The third-order valence-corrected chi connectivity index (χ3v) is 3.95. The Kier molecular flexibility index (Phi) is 6.16. The first kappa shape index (κ1) is 17.8. The van der Waals surface area contributed by atoms with E-state index in [-0.39, 0.29) is 11.5 Å².